The molecule has 1 aromatic heterocycles. The summed E-state index contributed by atoms with van der Waals surface area (Å²) in [5.74, 6) is -4.04. The monoisotopic (exact) mass is 1240 g/mol. The van der Waals surface area contributed by atoms with Crippen LogP contribution in [0.25, 0.3) is 34.4 Å². The van der Waals surface area contributed by atoms with Crippen LogP contribution in [0.5, 0.6) is 46.0 Å². The SMILES string of the molecule is COc1cc(-c2[o+]c3cc(O)cc(O[C@@H]4O[C@H](CO)[C@@H](O)[C@H](O)[C@H]4O)c3cc2O[C@@H]2O[C@H](CO[C@@H]3O[C@@H](C)[C@H](OC(=O)/C=C/c4ccc(O[C@@H]5O[C@H](COC(=O)C=Cc6ccc(O)c(O)c6)[C@@H](O)[C@H](O)[C@H]5O)cc4)[C@@H](O)[C@H]3O)[C@@H](O)[C@H](O)[C@H]2O)ccc1O. The van der Waals surface area contributed by atoms with Crippen molar-refractivity contribution in [3.05, 3.63) is 102 Å². The first-order valence-electron chi connectivity index (χ1n) is 27.1. The summed E-state index contributed by atoms with van der Waals surface area (Å²) in [5, 5.41) is 169. The number of phenolic OH excluding ortho intramolecular Hbond substituents is 4. The summed E-state index contributed by atoms with van der Waals surface area (Å²) in [6.07, 6.45) is -29.5. The number of esters is 2. The van der Waals surface area contributed by atoms with E-state index in [0.717, 1.165) is 24.3 Å². The molecule has 4 aromatic carbocycles. The molecule has 20 atom stereocenters. The Morgan fingerprint density at radius 1 is 0.523 bits per heavy atom. The fraction of sp³-hybridized carbons (Fsp3) is 0.431. The second kappa shape index (κ2) is 27.9. The molecule has 0 spiro atoms. The van der Waals surface area contributed by atoms with Crippen molar-refractivity contribution >= 4 is 35.1 Å². The van der Waals surface area contributed by atoms with E-state index in [1.54, 1.807) is 0 Å². The van der Waals surface area contributed by atoms with Crippen molar-refractivity contribution in [1.29, 1.82) is 0 Å². The van der Waals surface area contributed by atoms with Gasteiger partial charge in [-0.3, -0.25) is 0 Å². The number of aliphatic hydroxyl groups is 12. The Bertz CT molecular complexity index is 3290. The van der Waals surface area contributed by atoms with Gasteiger partial charge >= 0.3 is 23.3 Å². The molecule has 30 nitrogen and oxygen atoms in total. The van der Waals surface area contributed by atoms with Crippen LogP contribution in [-0.4, -0.2) is 243 Å². The fourth-order valence-corrected chi connectivity index (χ4v) is 9.74. The maximum Gasteiger partial charge on any atom is 0.402 e. The fourth-order valence-electron chi connectivity index (χ4n) is 9.74. The van der Waals surface area contributed by atoms with Crippen LogP contribution in [0.2, 0.25) is 0 Å². The lowest BCUT2D eigenvalue weighted by atomic mass is 9.98. The minimum absolute atomic E-state index is 0.0289. The van der Waals surface area contributed by atoms with Gasteiger partial charge in [-0.2, -0.15) is 0 Å². The second-order valence-corrected chi connectivity index (χ2v) is 20.8. The molecule has 0 radical (unpaired) electrons. The third-order valence-corrected chi connectivity index (χ3v) is 14.7. The topological polar surface area (TPSA) is 471 Å². The van der Waals surface area contributed by atoms with Crippen LogP contribution in [0.15, 0.2) is 95.4 Å². The normalized spacial score (nSPS) is 32.6. The number of methoxy groups -OCH3 is 1. The lowest BCUT2D eigenvalue weighted by molar-refractivity contribution is -0.319. The van der Waals surface area contributed by atoms with Crippen LogP contribution < -0.4 is 18.9 Å². The number of hydrogen-bond donors (Lipinski definition) is 16. The van der Waals surface area contributed by atoms with E-state index in [1.165, 1.54) is 92.9 Å². The van der Waals surface area contributed by atoms with Gasteiger partial charge in [-0.15, -0.1) is 0 Å². The van der Waals surface area contributed by atoms with Crippen molar-refractivity contribution in [2.75, 3.05) is 26.9 Å². The van der Waals surface area contributed by atoms with Gasteiger partial charge in [0.05, 0.1) is 38.1 Å². The van der Waals surface area contributed by atoms with Crippen molar-refractivity contribution in [2.45, 2.75) is 130 Å². The van der Waals surface area contributed by atoms with Gasteiger partial charge in [0.1, 0.15) is 115 Å². The molecule has 4 aliphatic heterocycles. The first-order chi connectivity index (χ1) is 41.9. The summed E-state index contributed by atoms with van der Waals surface area (Å²) < 4.78 is 68.4. The molecule has 9 rings (SSSR count). The maximum absolute atomic E-state index is 13.1. The predicted octanol–water partition coefficient (Wildman–Crippen LogP) is -1.87. The van der Waals surface area contributed by atoms with Crippen LogP contribution in [0.4, 0.5) is 0 Å². The van der Waals surface area contributed by atoms with Crippen molar-refractivity contribution < 1.29 is 148 Å². The highest BCUT2D eigenvalue weighted by atomic mass is 16.7. The molecule has 4 aliphatic rings. The highest BCUT2D eigenvalue weighted by Crippen LogP contribution is 2.44. The van der Waals surface area contributed by atoms with Gasteiger partial charge in [-0.25, -0.2) is 14.0 Å². The Morgan fingerprint density at radius 3 is 1.72 bits per heavy atom. The number of rotatable bonds is 19. The number of hydrogen-bond acceptors (Lipinski definition) is 29. The summed E-state index contributed by atoms with van der Waals surface area (Å²) in [5.41, 5.74) is 0.806. The Hall–Kier alpha value is -7.57. The molecule has 5 aromatic rings. The zero-order valence-corrected chi connectivity index (χ0v) is 46.4. The van der Waals surface area contributed by atoms with E-state index in [4.69, 9.17) is 56.5 Å². The molecule has 0 amide bonds. The second-order valence-electron chi connectivity index (χ2n) is 20.8. The molecule has 16 N–H and O–H groups in total. The summed E-state index contributed by atoms with van der Waals surface area (Å²) in [6.45, 7) is -0.671. The van der Waals surface area contributed by atoms with Crippen molar-refractivity contribution in [3.63, 3.8) is 0 Å². The lowest BCUT2D eigenvalue weighted by Gasteiger charge is -2.42. The van der Waals surface area contributed by atoms with Gasteiger partial charge in [0, 0.05) is 30.4 Å². The van der Waals surface area contributed by atoms with Gasteiger partial charge in [-0.1, -0.05) is 18.2 Å². The Labute approximate surface area is 497 Å². The Morgan fingerprint density at radius 2 is 1.08 bits per heavy atom. The average Bonchev–Trinajstić information content (AvgIpc) is 1.58. The van der Waals surface area contributed by atoms with E-state index >= 15 is 0 Å². The number of ether oxygens (including phenoxy) is 11. The predicted molar refractivity (Wildman–Crippen MR) is 292 cm³/mol. The summed E-state index contributed by atoms with van der Waals surface area (Å²) in [6, 6.07) is 17.1. The van der Waals surface area contributed by atoms with Gasteiger partial charge in [0.2, 0.25) is 24.6 Å². The highest BCUT2D eigenvalue weighted by molar-refractivity contribution is 5.89. The average molecular weight is 1240 g/mol. The largest absolute Gasteiger partial charge is 0.507 e. The standard InChI is InChI=1S/C58H64O30/c1-23-53(88-41(65)14-6-24-3-9-28(10-4-24)81-56-49(73)46(70)43(67)38(86-56)21-78-40(64)13-7-25-5-11-30(61)32(63)15-25)48(72)52(76)55(80-23)79-22-39-44(68)47(71)51(75)58(87-39)84-36-19-29-33(82-54(36)26-8-12-31(62)35(16-26)77-2)17-27(60)18-34(29)83-57-50(74)45(69)42(66)37(20-59)85-57/h3-19,23,37-39,42-53,55-59,66-76H,20-22H2,1-2H3,(H3-,60,61,62,63,64)/p+1/b14-6+/t23-,37+,38+,39+,42+,43+,44+,45-,46-,47-,48-,49+,50+,51+,52+,53-,55+,56+,57+,58+/m0/s1. The van der Waals surface area contributed by atoms with E-state index in [0.29, 0.717) is 11.1 Å². The summed E-state index contributed by atoms with van der Waals surface area (Å²) in [7, 11) is 1.28. The van der Waals surface area contributed by atoms with Gasteiger partial charge in [0.25, 0.3) is 0 Å². The molecule has 0 bridgehead atoms. The molecule has 0 unspecified atom stereocenters. The summed E-state index contributed by atoms with van der Waals surface area (Å²) in [4.78, 5) is 25.4. The molecule has 4 fully saturated rings. The molecular weight excluding hydrogens is 1180 g/mol. The molecule has 0 aliphatic carbocycles. The van der Waals surface area contributed by atoms with Crippen LogP contribution >= 0.6 is 0 Å². The summed E-state index contributed by atoms with van der Waals surface area (Å²) >= 11 is 0. The number of benzene rings is 4. The molecule has 30 heteroatoms. The van der Waals surface area contributed by atoms with Gasteiger partial charge in [-0.05, 0) is 66.6 Å². The number of aliphatic hydroxyl groups excluding tert-OH is 12. The first-order valence-corrected chi connectivity index (χ1v) is 27.1. The minimum atomic E-state index is -2.01. The van der Waals surface area contributed by atoms with Crippen LogP contribution in [0.1, 0.15) is 18.1 Å². The third-order valence-electron chi connectivity index (χ3n) is 14.7. The third kappa shape index (κ3) is 14.4. The number of carbonyl (C=O) groups is 2. The molecule has 88 heavy (non-hydrogen) atoms. The van der Waals surface area contributed by atoms with Crippen molar-refractivity contribution in [2.24, 2.45) is 0 Å². The van der Waals surface area contributed by atoms with E-state index in [1.807, 2.05) is 0 Å². The van der Waals surface area contributed by atoms with E-state index in [2.05, 4.69) is 0 Å². The van der Waals surface area contributed by atoms with E-state index in [-0.39, 0.29) is 56.8 Å². The lowest BCUT2D eigenvalue weighted by Crippen LogP contribution is -2.62. The van der Waals surface area contributed by atoms with Gasteiger partial charge in [0.15, 0.2) is 35.4 Å². The maximum atomic E-state index is 13.1. The smallest absolute Gasteiger partial charge is 0.402 e. The minimum Gasteiger partial charge on any atom is -0.507 e. The van der Waals surface area contributed by atoms with Crippen molar-refractivity contribution in [1.82, 2.24) is 0 Å². The number of fused-ring (bicyclic) bond motifs is 1. The zero-order valence-electron chi connectivity index (χ0n) is 46.4. The van der Waals surface area contributed by atoms with E-state index < -0.39 is 166 Å². The van der Waals surface area contributed by atoms with Crippen LogP contribution in [0, 0.1) is 0 Å². The van der Waals surface area contributed by atoms with E-state index in [9.17, 15) is 91.3 Å². The molecule has 476 valence electrons. The number of phenols is 4. The number of carbonyl (C=O) groups excluding carboxylic acids is 2. The zero-order chi connectivity index (χ0) is 63.4. The highest BCUT2D eigenvalue weighted by Gasteiger charge is 2.50. The molecule has 5 heterocycles. The quantitative estimate of drug-likeness (QED) is 0.0186. The van der Waals surface area contributed by atoms with Crippen LogP contribution in [-0.2, 0) is 42.7 Å². The molecule has 4 saturated heterocycles. The molecule has 0 saturated carbocycles. The first kappa shape index (κ1) is 64.9. The number of aromatic hydroxyl groups is 4. The van der Waals surface area contributed by atoms with Crippen molar-refractivity contribution in [3.8, 4) is 57.3 Å². The van der Waals surface area contributed by atoms with Gasteiger partial charge < -0.3 is 134 Å². The Kier molecular flexibility index (Phi) is 20.5. The molecular formula is C58H65O30+. The van der Waals surface area contributed by atoms with Crippen LogP contribution in [0.3, 0.4) is 0 Å². The Balaban J connectivity index is 0.810.